The van der Waals surface area contributed by atoms with Gasteiger partial charge in [0.15, 0.2) is 0 Å². The monoisotopic (exact) mass is 799 g/mol. The van der Waals surface area contributed by atoms with Crippen LogP contribution in [0.1, 0.15) is 23.5 Å². The predicted octanol–water partition coefficient (Wildman–Crippen LogP) is 16.0. The molecule has 0 heterocycles. The van der Waals surface area contributed by atoms with Crippen molar-refractivity contribution < 1.29 is 0 Å². The van der Waals surface area contributed by atoms with E-state index < -0.39 is 0 Å². The summed E-state index contributed by atoms with van der Waals surface area (Å²) >= 11 is 0. The van der Waals surface area contributed by atoms with Crippen LogP contribution in [-0.2, 0) is 0 Å². The first-order valence-corrected chi connectivity index (χ1v) is 21.4. The third-order valence-electron chi connectivity index (χ3n) is 10.6. The summed E-state index contributed by atoms with van der Waals surface area (Å²) in [6.45, 7) is 0.611. The molecule has 62 heavy (non-hydrogen) atoms. The third kappa shape index (κ3) is 12.0. The van der Waals surface area contributed by atoms with Gasteiger partial charge in [-0.2, -0.15) is 0 Å². The van der Waals surface area contributed by atoms with Crippen LogP contribution in [0.5, 0.6) is 0 Å². The van der Waals surface area contributed by atoms with Crippen molar-refractivity contribution in [2.24, 2.45) is 5.73 Å². The molecule has 7 aromatic carbocycles. The first kappa shape index (κ1) is 42.5. The van der Waals surface area contributed by atoms with Crippen molar-refractivity contribution in [3.8, 4) is 55.6 Å². The van der Waals surface area contributed by atoms with Crippen molar-refractivity contribution in [1.82, 2.24) is 0 Å². The molecule has 0 bridgehead atoms. The number of rotatable bonds is 11. The topological polar surface area (TPSA) is 26.0 Å². The molecule has 1 atom stereocenters. The summed E-state index contributed by atoms with van der Waals surface area (Å²) in [4.78, 5) is 0. The summed E-state index contributed by atoms with van der Waals surface area (Å²) in [5, 5.41) is 0. The average molecular weight is 800 g/mol. The molecule has 0 aliphatic rings. The highest BCUT2D eigenvalue weighted by Gasteiger charge is 2.15. The Morgan fingerprint density at radius 3 is 1.18 bits per heavy atom. The van der Waals surface area contributed by atoms with Crippen LogP contribution in [0.4, 0.5) is 0 Å². The van der Waals surface area contributed by atoms with E-state index in [1.807, 2.05) is 0 Å². The molecule has 7 aromatic rings. The summed E-state index contributed by atoms with van der Waals surface area (Å²) < 4.78 is 0. The fraction of sp³-hybridized carbons (Fsp3) is 0.0492. The lowest BCUT2D eigenvalue weighted by Gasteiger charge is -2.17. The van der Waals surface area contributed by atoms with Crippen molar-refractivity contribution >= 4 is 0 Å². The normalized spacial score (nSPS) is 11.2. The second-order valence-corrected chi connectivity index (χ2v) is 14.8. The SMILES string of the molecule is NCC/C=C\C=C\C(c1ccccc1)c1cc(-c2ccccc2-c2ccccc2)cccc(-c2ccccc2)ccccccccc(-c2ccccc2)c(-c2ccccc2)c1. The highest BCUT2D eigenvalue weighted by molar-refractivity contribution is 5.85. The van der Waals surface area contributed by atoms with E-state index in [-0.39, 0.29) is 5.92 Å². The van der Waals surface area contributed by atoms with Crippen molar-refractivity contribution in [3.63, 3.8) is 0 Å². The van der Waals surface area contributed by atoms with Gasteiger partial charge in [0.25, 0.3) is 0 Å². The van der Waals surface area contributed by atoms with E-state index in [2.05, 4.69) is 279 Å². The van der Waals surface area contributed by atoms with E-state index in [1.54, 1.807) is 0 Å². The van der Waals surface area contributed by atoms with Gasteiger partial charge >= 0.3 is 0 Å². The van der Waals surface area contributed by atoms with Gasteiger partial charge in [-0.05, 0) is 85.8 Å². The average Bonchev–Trinajstić information content (AvgIpc) is 3.34. The van der Waals surface area contributed by atoms with E-state index in [0.29, 0.717) is 6.54 Å². The van der Waals surface area contributed by atoms with Crippen molar-refractivity contribution in [2.45, 2.75) is 12.3 Å². The van der Waals surface area contributed by atoms with Crippen LogP contribution in [0.2, 0.25) is 0 Å². The molecule has 7 rings (SSSR count). The first-order valence-electron chi connectivity index (χ1n) is 21.4. The van der Waals surface area contributed by atoms with Gasteiger partial charge in [0.2, 0.25) is 0 Å². The van der Waals surface area contributed by atoms with Crippen LogP contribution in [0, 0.1) is 0 Å². The molecule has 1 unspecified atom stereocenters. The van der Waals surface area contributed by atoms with Gasteiger partial charge in [0, 0.05) is 5.92 Å². The van der Waals surface area contributed by atoms with Crippen molar-refractivity contribution in [2.75, 3.05) is 6.54 Å². The maximum Gasteiger partial charge on any atom is 0.0273 e. The van der Waals surface area contributed by atoms with E-state index in [1.165, 1.54) is 5.56 Å². The van der Waals surface area contributed by atoms with E-state index in [9.17, 15) is 0 Å². The molecule has 2 N–H and O–H groups in total. The molecule has 0 spiro atoms. The first-order chi connectivity index (χ1) is 30.8. The molecular weight excluding hydrogens is 747 g/mol. The van der Waals surface area contributed by atoms with E-state index in [0.717, 1.165) is 67.6 Å². The van der Waals surface area contributed by atoms with Crippen molar-refractivity contribution in [1.29, 1.82) is 0 Å². The Morgan fingerprint density at radius 1 is 0.306 bits per heavy atom. The van der Waals surface area contributed by atoms with E-state index >= 15 is 0 Å². The maximum absolute atomic E-state index is 5.89. The number of benzene rings is 6. The molecule has 0 aliphatic carbocycles. The van der Waals surface area contributed by atoms with Gasteiger partial charge in [0.05, 0.1) is 0 Å². The summed E-state index contributed by atoms with van der Waals surface area (Å²) in [5.74, 6) is -0.111. The van der Waals surface area contributed by atoms with Crippen molar-refractivity contribution in [3.05, 3.63) is 290 Å². The van der Waals surface area contributed by atoms with Gasteiger partial charge in [-0.15, -0.1) is 0 Å². The molecule has 0 amide bonds. The van der Waals surface area contributed by atoms with Gasteiger partial charge in [-0.3, -0.25) is 0 Å². The predicted molar refractivity (Wildman–Crippen MR) is 267 cm³/mol. The largest absolute Gasteiger partial charge is 0.330 e. The molecule has 0 fully saturated rings. The van der Waals surface area contributed by atoms with Crippen LogP contribution < -0.4 is 5.73 Å². The molecule has 302 valence electrons. The van der Waals surface area contributed by atoms with Crippen LogP contribution in [-0.4, -0.2) is 6.54 Å². The zero-order valence-corrected chi connectivity index (χ0v) is 35.1. The highest BCUT2D eigenvalue weighted by atomic mass is 14.5. The minimum absolute atomic E-state index is 0.111. The second-order valence-electron chi connectivity index (χ2n) is 14.8. The maximum atomic E-state index is 5.89. The molecular formula is C61H53N. The quantitative estimate of drug-likeness (QED) is 0.130. The summed E-state index contributed by atoms with van der Waals surface area (Å²) in [7, 11) is 0. The Kier molecular flexibility index (Phi) is 16.0. The molecule has 0 saturated heterocycles. The Labute approximate surface area is 368 Å². The zero-order chi connectivity index (χ0) is 42.4. The minimum Gasteiger partial charge on any atom is -0.330 e. The number of hydrogen-bond donors (Lipinski definition) is 1. The highest BCUT2D eigenvalue weighted by Crippen LogP contribution is 2.37. The van der Waals surface area contributed by atoms with Gasteiger partial charge in [0.1, 0.15) is 0 Å². The lowest BCUT2D eigenvalue weighted by atomic mass is 9.86. The summed E-state index contributed by atoms with van der Waals surface area (Å²) in [6, 6.07) is 90.7. The van der Waals surface area contributed by atoms with Crippen LogP contribution in [0.3, 0.4) is 0 Å². The Hall–Kier alpha value is -7.58. The van der Waals surface area contributed by atoms with Crippen LogP contribution in [0.25, 0.3) is 55.6 Å². The number of hydrogen-bond acceptors (Lipinski definition) is 1. The summed E-state index contributed by atoms with van der Waals surface area (Å²) in [6.07, 6.45) is 9.56. The summed E-state index contributed by atoms with van der Waals surface area (Å²) in [5.41, 5.74) is 19.5. The minimum atomic E-state index is -0.111. The second kappa shape index (κ2) is 23.3. The molecule has 0 saturated carbocycles. The van der Waals surface area contributed by atoms with E-state index in [4.69, 9.17) is 5.73 Å². The lowest BCUT2D eigenvalue weighted by Crippen LogP contribution is -1.98. The molecule has 0 aromatic heterocycles. The standard InChI is InChI=1S/C61H53N/c62-46-27-6-5-23-42-57(51-32-15-8-16-33-51)56-47-55(60-45-26-25-44-58(60)52-34-17-9-18-35-52)41-28-40-50(49-30-13-7-14-31-49)29-12-3-1-2-4-24-43-59(53-36-19-10-20-37-53)61(48-56)54-38-21-11-22-39-54/h1-26,28-45,47-48,57H,27,46,62H2/b2-1?,3-1?,4-2?,6-5-,12-3?,24-4?,29-12?,40-28?,41-28?,42-23+,43-24?,50-29?,50-40?,55-41?,55-47?,56-47?,56-48?,59-43?,61-48?,61-59?. The molecule has 1 nitrogen and oxygen atoms in total. The number of allylic oxidation sites excluding steroid dienone is 3. The fourth-order valence-electron chi connectivity index (χ4n) is 7.50. The Balaban J connectivity index is 1.67. The molecule has 1 heteroatoms. The Bertz CT molecular complexity index is 2720. The fourth-order valence-corrected chi connectivity index (χ4v) is 7.50. The van der Waals surface area contributed by atoms with Crippen LogP contribution in [0.15, 0.2) is 279 Å². The van der Waals surface area contributed by atoms with Crippen LogP contribution >= 0.6 is 0 Å². The van der Waals surface area contributed by atoms with Gasteiger partial charge in [-0.25, -0.2) is 0 Å². The number of nitrogens with two attached hydrogens (primary N) is 1. The van der Waals surface area contributed by atoms with Gasteiger partial charge in [-0.1, -0.05) is 273 Å². The lowest BCUT2D eigenvalue weighted by molar-refractivity contribution is 1.01. The third-order valence-corrected chi connectivity index (χ3v) is 10.6. The molecule has 0 radical (unpaired) electrons. The zero-order valence-electron chi connectivity index (χ0n) is 35.1. The van der Waals surface area contributed by atoms with Gasteiger partial charge < -0.3 is 5.73 Å². The Morgan fingerprint density at radius 2 is 0.661 bits per heavy atom. The smallest absolute Gasteiger partial charge is 0.0273 e. The molecule has 0 aliphatic heterocycles.